The molecule has 1 aromatic heterocycles. The smallest absolute Gasteiger partial charge is 0.143 e. The number of fused-ring (bicyclic) bond motifs is 13. The molecule has 4 aliphatic rings. The zero-order valence-corrected chi connectivity index (χ0v) is 36.7. The average Bonchev–Trinajstić information content (AvgIpc) is 3.88. The summed E-state index contributed by atoms with van der Waals surface area (Å²) in [6.07, 6.45) is 6.37. The van der Waals surface area contributed by atoms with Gasteiger partial charge < -0.3 is 9.32 Å². The largest absolute Gasteiger partial charge is 0.455 e. The van der Waals surface area contributed by atoms with Crippen molar-refractivity contribution >= 4 is 49.8 Å². The van der Waals surface area contributed by atoms with E-state index in [-0.39, 0.29) is 5.41 Å². The molecule has 65 heavy (non-hydrogen) atoms. The molecule has 2 heteroatoms. The van der Waals surface area contributed by atoms with Crippen LogP contribution >= 0.6 is 0 Å². The molecule has 0 aliphatic heterocycles. The van der Waals surface area contributed by atoms with Gasteiger partial charge in [0, 0.05) is 38.8 Å². The van der Waals surface area contributed by atoms with Crippen molar-refractivity contribution < 1.29 is 4.42 Å². The second-order valence-corrected chi connectivity index (χ2v) is 19.6. The molecule has 2 saturated carbocycles. The summed E-state index contributed by atoms with van der Waals surface area (Å²) in [5, 5.41) is 4.77. The van der Waals surface area contributed by atoms with Crippen molar-refractivity contribution in [3.8, 4) is 22.3 Å². The standard InChI is InChI=1S/C63H49NO/c1-40-35-44-18-13-19-45(36-40)62(44)56-28-9-10-29-57(56)63(54-26-7-4-21-50(54)51-22-5-8-27-55(51)63)58-34-33-48(39-59(58)62)64(47-32-31-41-15-2-3-16-42(41)37-47)46-20-12-17-43(38-46)49-24-14-25-53-52-23-6-11-30-60(52)65-61(49)53/h2-12,14-17,20-34,37-40,44-45H,13,18-19,35-36H2,1H3/t40-,44-,45+,62?. The molecule has 2 fully saturated rings. The Morgan fingerprint density at radius 3 is 1.83 bits per heavy atom. The molecule has 14 rings (SSSR count). The first kappa shape index (κ1) is 37.2. The molecule has 1 heterocycles. The van der Waals surface area contributed by atoms with Crippen LogP contribution in [0.15, 0.2) is 205 Å². The number of benzene rings is 9. The van der Waals surface area contributed by atoms with E-state index < -0.39 is 5.41 Å². The van der Waals surface area contributed by atoms with Gasteiger partial charge in [0.15, 0.2) is 0 Å². The molecule has 9 aromatic carbocycles. The number of para-hydroxylation sites is 2. The van der Waals surface area contributed by atoms with Gasteiger partial charge in [-0.1, -0.05) is 171 Å². The molecular weight excluding hydrogens is 787 g/mol. The monoisotopic (exact) mass is 835 g/mol. The first-order valence-corrected chi connectivity index (χ1v) is 23.9. The molecule has 0 radical (unpaired) electrons. The van der Waals surface area contributed by atoms with E-state index in [4.69, 9.17) is 4.42 Å². The van der Waals surface area contributed by atoms with Crippen LogP contribution in [0.3, 0.4) is 0 Å². The fourth-order valence-electron chi connectivity index (χ4n) is 14.1. The van der Waals surface area contributed by atoms with Crippen molar-refractivity contribution in [3.63, 3.8) is 0 Å². The SMILES string of the molecule is C[C@@H]1C[C@H]2CCC[C@@H](C1)C21c2ccccc2C2(c3ccccc3-c3ccccc32)c2ccc(N(c3cccc(-c4cccc5c4oc4ccccc45)c3)c3ccc4ccccc4c3)cc21. The molecule has 0 saturated heterocycles. The number of anilines is 3. The highest BCUT2D eigenvalue weighted by molar-refractivity contribution is 6.09. The number of hydrogen-bond donors (Lipinski definition) is 0. The first-order valence-electron chi connectivity index (χ1n) is 23.9. The fraction of sp³-hybridized carbons (Fsp3) is 0.175. The van der Waals surface area contributed by atoms with E-state index in [1.165, 1.54) is 87.5 Å². The third kappa shape index (κ3) is 5.06. The lowest BCUT2D eigenvalue weighted by Crippen LogP contribution is -2.55. The Morgan fingerprint density at radius 1 is 0.446 bits per heavy atom. The zero-order chi connectivity index (χ0) is 42.9. The molecule has 2 spiro atoms. The first-order chi connectivity index (χ1) is 32.1. The van der Waals surface area contributed by atoms with Gasteiger partial charge in [-0.3, -0.25) is 0 Å². The van der Waals surface area contributed by atoms with Gasteiger partial charge in [0.05, 0.1) is 5.41 Å². The predicted molar refractivity (Wildman–Crippen MR) is 269 cm³/mol. The maximum Gasteiger partial charge on any atom is 0.143 e. The van der Waals surface area contributed by atoms with Gasteiger partial charge >= 0.3 is 0 Å². The van der Waals surface area contributed by atoms with Crippen LogP contribution in [0, 0.1) is 17.8 Å². The highest BCUT2D eigenvalue weighted by Gasteiger charge is 2.62. The van der Waals surface area contributed by atoms with Crippen LogP contribution in [0.4, 0.5) is 17.1 Å². The number of rotatable bonds is 4. The van der Waals surface area contributed by atoms with Crippen LogP contribution < -0.4 is 4.90 Å². The third-order valence-corrected chi connectivity index (χ3v) is 16.4. The lowest BCUT2D eigenvalue weighted by Gasteiger charge is -2.60. The van der Waals surface area contributed by atoms with Gasteiger partial charge in [0.1, 0.15) is 11.2 Å². The summed E-state index contributed by atoms with van der Waals surface area (Å²) in [6, 6.07) is 75.9. The van der Waals surface area contributed by atoms with Crippen molar-refractivity contribution in [1.29, 1.82) is 0 Å². The minimum absolute atomic E-state index is 0.0989. The van der Waals surface area contributed by atoms with Crippen molar-refractivity contribution in [3.05, 3.63) is 234 Å². The number of furan rings is 1. The molecule has 312 valence electrons. The van der Waals surface area contributed by atoms with E-state index in [1.54, 1.807) is 5.56 Å². The van der Waals surface area contributed by atoms with Crippen molar-refractivity contribution in [1.82, 2.24) is 0 Å². The maximum atomic E-state index is 6.64. The van der Waals surface area contributed by atoms with Gasteiger partial charge in [-0.25, -0.2) is 0 Å². The summed E-state index contributed by atoms with van der Waals surface area (Å²) in [6.45, 7) is 2.52. The van der Waals surface area contributed by atoms with Crippen LogP contribution in [0.25, 0.3) is 55.0 Å². The molecule has 10 aromatic rings. The summed E-state index contributed by atoms with van der Waals surface area (Å²) in [4.78, 5) is 2.54. The second-order valence-electron chi connectivity index (χ2n) is 19.6. The lowest BCUT2D eigenvalue weighted by atomic mass is 9.42. The number of nitrogens with zero attached hydrogens (tertiary/aromatic N) is 1. The van der Waals surface area contributed by atoms with Crippen LogP contribution in [-0.2, 0) is 10.8 Å². The summed E-state index contributed by atoms with van der Waals surface area (Å²) < 4.78 is 6.64. The Hall–Kier alpha value is -7.16. The van der Waals surface area contributed by atoms with E-state index in [0.717, 1.165) is 44.4 Å². The van der Waals surface area contributed by atoms with Gasteiger partial charge in [0.2, 0.25) is 0 Å². The molecule has 0 amide bonds. The van der Waals surface area contributed by atoms with Gasteiger partial charge in [-0.2, -0.15) is 0 Å². The van der Waals surface area contributed by atoms with Crippen molar-refractivity contribution in [2.24, 2.45) is 17.8 Å². The molecule has 2 bridgehead atoms. The zero-order valence-electron chi connectivity index (χ0n) is 36.7. The molecule has 4 aliphatic carbocycles. The highest BCUT2D eigenvalue weighted by Crippen LogP contribution is 2.69. The Balaban J connectivity index is 1.05. The molecule has 1 unspecified atom stereocenters. The Kier molecular flexibility index (Phi) is 7.97. The summed E-state index contributed by atoms with van der Waals surface area (Å²) in [5.74, 6) is 1.84. The van der Waals surface area contributed by atoms with Crippen LogP contribution in [0.1, 0.15) is 72.4 Å². The highest BCUT2D eigenvalue weighted by atomic mass is 16.3. The fourth-order valence-corrected chi connectivity index (χ4v) is 14.1. The predicted octanol–water partition coefficient (Wildman–Crippen LogP) is 16.7. The molecule has 2 nitrogen and oxygen atoms in total. The second kappa shape index (κ2) is 13.9. The quantitative estimate of drug-likeness (QED) is 0.176. The molecular formula is C63H49NO. The summed E-state index contributed by atoms with van der Waals surface area (Å²) in [7, 11) is 0. The van der Waals surface area contributed by atoms with Crippen molar-refractivity contribution in [2.45, 2.75) is 49.9 Å². The van der Waals surface area contributed by atoms with Gasteiger partial charge in [-0.05, 0) is 147 Å². The summed E-state index contributed by atoms with van der Waals surface area (Å²) >= 11 is 0. The average molecular weight is 836 g/mol. The van der Waals surface area contributed by atoms with Crippen LogP contribution in [0.5, 0.6) is 0 Å². The van der Waals surface area contributed by atoms with E-state index in [2.05, 4.69) is 212 Å². The van der Waals surface area contributed by atoms with Crippen LogP contribution in [-0.4, -0.2) is 0 Å². The molecule has 0 N–H and O–H groups in total. The summed E-state index contributed by atoms with van der Waals surface area (Å²) in [5.41, 5.74) is 18.6. The van der Waals surface area contributed by atoms with E-state index in [0.29, 0.717) is 17.8 Å². The topological polar surface area (TPSA) is 16.4 Å². The minimum Gasteiger partial charge on any atom is -0.455 e. The van der Waals surface area contributed by atoms with Gasteiger partial charge in [-0.15, -0.1) is 0 Å². The normalized spacial score (nSPS) is 21.0. The van der Waals surface area contributed by atoms with E-state index in [1.807, 2.05) is 0 Å². The Labute approximate surface area is 380 Å². The Bertz CT molecular complexity index is 3490. The minimum atomic E-state index is -0.431. The lowest BCUT2D eigenvalue weighted by molar-refractivity contribution is 0.0495. The van der Waals surface area contributed by atoms with E-state index >= 15 is 0 Å². The van der Waals surface area contributed by atoms with Gasteiger partial charge in [0.25, 0.3) is 0 Å². The molecule has 4 atom stereocenters. The third-order valence-electron chi connectivity index (χ3n) is 16.4. The van der Waals surface area contributed by atoms with Crippen molar-refractivity contribution in [2.75, 3.05) is 4.90 Å². The Morgan fingerprint density at radius 2 is 1.03 bits per heavy atom. The maximum absolute atomic E-state index is 6.64. The van der Waals surface area contributed by atoms with Crippen LogP contribution in [0.2, 0.25) is 0 Å². The number of hydrogen-bond acceptors (Lipinski definition) is 2. The van der Waals surface area contributed by atoms with E-state index in [9.17, 15) is 0 Å².